The minimum Gasteiger partial charge on any atom is -0.289 e. The summed E-state index contributed by atoms with van der Waals surface area (Å²) in [4.78, 5) is 26.0. The van der Waals surface area contributed by atoms with E-state index in [4.69, 9.17) is 0 Å². The molecule has 0 spiro atoms. The van der Waals surface area contributed by atoms with Crippen LogP contribution in [0.3, 0.4) is 0 Å². The molecule has 2 aliphatic carbocycles. The van der Waals surface area contributed by atoms with E-state index in [-0.39, 0.29) is 11.6 Å². The molecule has 4 heteroatoms. The van der Waals surface area contributed by atoms with Gasteiger partial charge >= 0.3 is 0 Å². The first-order valence-corrected chi connectivity index (χ1v) is 9.92. The fourth-order valence-electron chi connectivity index (χ4n) is 3.93. The summed E-state index contributed by atoms with van der Waals surface area (Å²) in [6, 6.07) is 15.5. The lowest BCUT2D eigenvalue weighted by Crippen LogP contribution is -2.20. The first-order chi connectivity index (χ1) is 12.5. The molecule has 2 aliphatic rings. The Balaban J connectivity index is 1.67. The van der Waals surface area contributed by atoms with Crippen molar-refractivity contribution in [2.24, 2.45) is 0 Å². The van der Waals surface area contributed by atoms with Crippen molar-refractivity contribution in [1.82, 2.24) is 0 Å². The van der Waals surface area contributed by atoms with Crippen LogP contribution in [-0.2, 0) is 12.8 Å². The zero-order chi connectivity index (χ0) is 18.0. The first kappa shape index (κ1) is 16.2. The van der Waals surface area contributed by atoms with E-state index < -0.39 is 0 Å². The molecule has 0 aliphatic heterocycles. The number of hydrogen-bond donors (Lipinski definition) is 0. The van der Waals surface area contributed by atoms with Crippen LogP contribution in [0.1, 0.15) is 54.1 Å². The van der Waals surface area contributed by atoms with E-state index in [1.54, 1.807) is 0 Å². The molecule has 5 rings (SSSR count). The fraction of sp³-hybridized carbons (Fsp3) is 0.0909. The van der Waals surface area contributed by atoms with E-state index in [0.717, 1.165) is 53.5 Å². The number of carbonyl (C=O) groups is 2. The van der Waals surface area contributed by atoms with Crippen molar-refractivity contribution in [2.45, 2.75) is 12.8 Å². The van der Waals surface area contributed by atoms with Crippen molar-refractivity contribution in [3.8, 4) is 0 Å². The number of halogens is 2. The lowest BCUT2D eigenvalue weighted by molar-refractivity contribution is 0.102. The van der Waals surface area contributed by atoms with Crippen molar-refractivity contribution < 1.29 is 9.59 Å². The Bertz CT molecular complexity index is 1050. The monoisotopic (exact) mass is 466 g/mol. The molecule has 2 nitrogen and oxygen atoms in total. The largest absolute Gasteiger partial charge is 0.289 e. The van der Waals surface area contributed by atoms with Crippen LogP contribution in [0.15, 0.2) is 57.5 Å². The Hall–Kier alpha value is -2.04. The van der Waals surface area contributed by atoms with Crippen molar-refractivity contribution in [2.75, 3.05) is 0 Å². The van der Waals surface area contributed by atoms with Crippen molar-refractivity contribution in [3.05, 3.63) is 102 Å². The summed E-state index contributed by atoms with van der Waals surface area (Å²) in [5.41, 5.74) is 6.85. The number of fused-ring (bicyclic) bond motifs is 4. The van der Waals surface area contributed by atoms with E-state index in [9.17, 15) is 9.59 Å². The molecule has 0 saturated heterocycles. The number of carbonyl (C=O) groups excluding carboxylic acids is 2. The van der Waals surface area contributed by atoms with Crippen LogP contribution < -0.4 is 0 Å². The van der Waals surface area contributed by atoms with Crippen LogP contribution in [0.25, 0.3) is 0 Å². The van der Waals surface area contributed by atoms with Gasteiger partial charge in [-0.2, -0.15) is 0 Å². The summed E-state index contributed by atoms with van der Waals surface area (Å²) in [6.07, 6.45) is 1.35. The molecule has 3 aromatic rings. The van der Waals surface area contributed by atoms with Crippen LogP contribution >= 0.6 is 31.9 Å². The summed E-state index contributed by atoms with van der Waals surface area (Å²) in [6.45, 7) is 0. The smallest absolute Gasteiger partial charge is 0.193 e. The predicted molar refractivity (Wildman–Crippen MR) is 107 cm³/mol. The van der Waals surface area contributed by atoms with E-state index in [0.29, 0.717) is 12.8 Å². The van der Waals surface area contributed by atoms with Crippen LogP contribution in [-0.4, -0.2) is 11.6 Å². The predicted octanol–water partition coefficient (Wildman–Crippen LogP) is 5.48. The average molecular weight is 468 g/mol. The van der Waals surface area contributed by atoms with E-state index in [2.05, 4.69) is 31.9 Å². The van der Waals surface area contributed by atoms with Gasteiger partial charge in [-0.15, -0.1) is 0 Å². The average Bonchev–Trinajstić information content (AvgIpc) is 2.63. The van der Waals surface area contributed by atoms with Gasteiger partial charge < -0.3 is 0 Å². The molecule has 0 atom stereocenters. The number of ketones is 2. The summed E-state index contributed by atoms with van der Waals surface area (Å²) in [7, 11) is 0. The zero-order valence-electron chi connectivity index (χ0n) is 13.6. The molecule has 126 valence electrons. The summed E-state index contributed by atoms with van der Waals surface area (Å²) in [5, 5.41) is 0. The molecular formula is C22H12Br2O2. The summed E-state index contributed by atoms with van der Waals surface area (Å²) in [5.74, 6) is 0.0822. The van der Waals surface area contributed by atoms with Gasteiger partial charge in [-0.25, -0.2) is 0 Å². The van der Waals surface area contributed by atoms with Gasteiger partial charge in [0, 0.05) is 31.2 Å². The summed E-state index contributed by atoms with van der Waals surface area (Å²) >= 11 is 6.90. The topological polar surface area (TPSA) is 34.1 Å². The molecule has 0 radical (unpaired) electrons. The third-order valence-corrected chi connectivity index (χ3v) is 6.20. The number of rotatable bonds is 0. The minimum absolute atomic E-state index is 0.0411. The maximum absolute atomic E-state index is 13.0. The highest BCUT2D eigenvalue weighted by atomic mass is 79.9. The molecule has 0 saturated carbocycles. The molecule has 0 amide bonds. The van der Waals surface area contributed by atoms with Gasteiger partial charge in [0.1, 0.15) is 0 Å². The molecule has 0 bridgehead atoms. The van der Waals surface area contributed by atoms with E-state index >= 15 is 0 Å². The maximum Gasteiger partial charge on any atom is 0.193 e. The van der Waals surface area contributed by atoms with E-state index in [1.165, 1.54) is 0 Å². The first-order valence-electron chi connectivity index (χ1n) is 8.33. The van der Waals surface area contributed by atoms with E-state index in [1.807, 2.05) is 48.5 Å². The molecule has 3 aromatic carbocycles. The standard InChI is InChI=1S/C22H12Br2O2/c23-15-3-1-11-5-13-7-18-14(8-17(13)21(25)19(11)9-15)6-12-2-4-16(24)10-20(12)22(18)26/h1-4,7-10H,5-6H2. The Morgan fingerprint density at radius 2 is 0.923 bits per heavy atom. The number of hydrogen-bond acceptors (Lipinski definition) is 2. The fourth-order valence-corrected chi connectivity index (χ4v) is 4.66. The zero-order valence-corrected chi connectivity index (χ0v) is 16.8. The molecule has 0 aromatic heterocycles. The van der Waals surface area contributed by atoms with Gasteiger partial charge in [0.2, 0.25) is 0 Å². The van der Waals surface area contributed by atoms with Crippen molar-refractivity contribution in [3.63, 3.8) is 0 Å². The number of benzene rings is 3. The van der Waals surface area contributed by atoms with Crippen molar-refractivity contribution >= 4 is 43.4 Å². The Morgan fingerprint density at radius 3 is 1.35 bits per heavy atom. The van der Waals surface area contributed by atoms with Crippen LogP contribution in [0.5, 0.6) is 0 Å². The second-order valence-corrected chi connectivity index (χ2v) is 8.61. The second kappa shape index (κ2) is 5.73. The highest BCUT2D eigenvalue weighted by Crippen LogP contribution is 2.35. The third-order valence-electron chi connectivity index (χ3n) is 5.21. The molecular weight excluding hydrogens is 456 g/mol. The summed E-state index contributed by atoms with van der Waals surface area (Å²) < 4.78 is 1.81. The van der Waals surface area contributed by atoms with Gasteiger partial charge in [0.25, 0.3) is 0 Å². The normalized spacial score (nSPS) is 14.4. The Labute approximate surface area is 167 Å². The Kier molecular flexibility index (Phi) is 3.56. The highest BCUT2D eigenvalue weighted by Gasteiger charge is 2.29. The minimum atomic E-state index is 0.0411. The van der Waals surface area contributed by atoms with Crippen LogP contribution in [0.4, 0.5) is 0 Å². The van der Waals surface area contributed by atoms with Gasteiger partial charge in [0.05, 0.1) is 0 Å². The lowest BCUT2D eigenvalue weighted by Gasteiger charge is -2.24. The van der Waals surface area contributed by atoms with Gasteiger partial charge in [-0.1, -0.05) is 44.0 Å². The molecule has 0 heterocycles. The highest BCUT2D eigenvalue weighted by molar-refractivity contribution is 9.10. The maximum atomic E-state index is 13.0. The lowest BCUT2D eigenvalue weighted by atomic mass is 9.78. The van der Waals surface area contributed by atoms with Gasteiger partial charge in [-0.05, 0) is 71.5 Å². The molecule has 0 unspecified atom stereocenters. The SMILES string of the molecule is O=C1c2cc(Br)ccc2Cc2cc3c(cc21)Cc1ccc(Br)cc1C3=O. The van der Waals surface area contributed by atoms with Crippen LogP contribution in [0, 0.1) is 0 Å². The van der Waals surface area contributed by atoms with Gasteiger partial charge in [0.15, 0.2) is 11.6 Å². The molecule has 26 heavy (non-hydrogen) atoms. The van der Waals surface area contributed by atoms with Crippen molar-refractivity contribution in [1.29, 1.82) is 0 Å². The molecule has 0 fully saturated rings. The second-order valence-electron chi connectivity index (χ2n) is 6.78. The van der Waals surface area contributed by atoms with Crippen LogP contribution in [0.2, 0.25) is 0 Å². The Morgan fingerprint density at radius 1 is 0.538 bits per heavy atom. The molecule has 0 N–H and O–H groups in total. The quantitative estimate of drug-likeness (QED) is 0.302. The third kappa shape index (κ3) is 2.36. The van der Waals surface area contributed by atoms with Gasteiger partial charge in [-0.3, -0.25) is 9.59 Å².